The minimum absolute atomic E-state index is 0.0631. The van der Waals surface area contributed by atoms with Crippen LogP contribution in [0.15, 0.2) is 0 Å². The van der Waals surface area contributed by atoms with Crippen molar-refractivity contribution >= 4 is 22.7 Å². The molecule has 0 saturated heterocycles. The highest BCUT2D eigenvalue weighted by molar-refractivity contribution is 8.66. The van der Waals surface area contributed by atoms with E-state index in [1.807, 2.05) is 0 Å². The molecule has 0 unspecified atom stereocenters. The van der Waals surface area contributed by atoms with Gasteiger partial charge in [-0.3, -0.25) is 0 Å². The molecule has 0 aromatic rings. The van der Waals surface area contributed by atoms with Gasteiger partial charge in [0.1, 0.15) is 0 Å². The van der Waals surface area contributed by atoms with E-state index in [1.165, 1.54) is 0 Å². The second kappa shape index (κ2) is 5.62. The highest BCUT2D eigenvalue weighted by atomic mass is 33.1. The van der Waals surface area contributed by atoms with Crippen LogP contribution in [0.25, 0.3) is 0 Å². The van der Waals surface area contributed by atoms with E-state index in [4.69, 9.17) is 5.11 Å². The number of rotatable bonds is 3. The van der Waals surface area contributed by atoms with Crippen LogP contribution in [-0.4, -0.2) is 18.3 Å². The van der Waals surface area contributed by atoms with E-state index >= 15 is 0 Å². The Bertz CT molecular complexity index is 21.5. The summed E-state index contributed by atoms with van der Waals surface area (Å²) in [5.74, 6) is 0. The standard InChI is InChI=1S/C2H6O2S2/c3-1-2-4-6-5/h3,5H,1-2H2. The molecule has 38 valence electrons. The van der Waals surface area contributed by atoms with Gasteiger partial charge in [-0.2, -0.15) is 0 Å². The summed E-state index contributed by atoms with van der Waals surface area (Å²) >= 11 is 4.60. The smallest absolute Gasteiger partial charge is 0.0855 e. The lowest BCUT2D eigenvalue weighted by Gasteiger charge is -1.88. The van der Waals surface area contributed by atoms with Crippen molar-refractivity contribution in [3.63, 3.8) is 0 Å². The molecule has 0 aromatic heterocycles. The van der Waals surface area contributed by atoms with Crippen LogP contribution in [0.3, 0.4) is 0 Å². The second-order valence-corrected chi connectivity index (χ2v) is 1.45. The Labute approximate surface area is 45.9 Å². The first-order valence-corrected chi connectivity index (χ1v) is 3.25. The minimum atomic E-state index is 0.0631. The van der Waals surface area contributed by atoms with Gasteiger partial charge >= 0.3 is 0 Å². The van der Waals surface area contributed by atoms with Crippen molar-refractivity contribution in [3.8, 4) is 0 Å². The monoisotopic (exact) mass is 126 g/mol. The molecule has 0 heterocycles. The number of aliphatic hydroxyl groups excluding tert-OH is 1. The molecule has 0 atom stereocenters. The maximum absolute atomic E-state index is 8.03. The molecule has 0 aliphatic heterocycles. The number of hydrogen-bond donors (Lipinski definition) is 2. The van der Waals surface area contributed by atoms with E-state index in [2.05, 4.69) is 15.8 Å². The largest absolute Gasteiger partial charge is 0.394 e. The van der Waals surface area contributed by atoms with Gasteiger partial charge in [0.25, 0.3) is 0 Å². The first kappa shape index (κ1) is 6.62. The molecule has 0 rings (SSSR count). The van der Waals surface area contributed by atoms with E-state index in [9.17, 15) is 0 Å². The number of thiol groups is 1. The van der Waals surface area contributed by atoms with Crippen LogP contribution in [0.1, 0.15) is 0 Å². The Hall–Kier alpha value is 0.620. The summed E-state index contributed by atoms with van der Waals surface area (Å²) in [5, 5.41) is 8.03. The molecule has 6 heavy (non-hydrogen) atoms. The molecule has 0 aliphatic carbocycles. The fourth-order valence-electron chi connectivity index (χ4n) is 0.0745. The molecule has 0 amide bonds. The predicted molar refractivity (Wildman–Crippen MR) is 29.6 cm³/mol. The molecule has 0 bridgehead atoms. The Morgan fingerprint density at radius 2 is 2.50 bits per heavy atom. The Balaban J connectivity index is 2.34. The molecular weight excluding hydrogens is 120 g/mol. The van der Waals surface area contributed by atoms with Gasteiger partial charge in [-0.15, -0.1) is 0 Å². The van der Waals surface area contributed by atoms with E-state index in [0.29, 0.717) is 6.61 Å². The zero-order valence-corrected chi connectivity index (χ0v) is 4.84. The van der Waals surface area contributed by atoms with Gasteiger partial charge in [0.05, 0.1) is 24.3 Å². The van der Waals surface area contributed by atoms with Gasteiger partial charge in [0, 0.05) is 0 Å². The van der Waals surface area contributed by atoms with Gasteiger partial charge in [-0.1, -0.05) is 11.7 Å². The van der Waals surface area contributed by atoms with Crippen molar-refractivity contribution < 1.29 is 9.29 Å². The Kier molecular flexibility index (Phi) is 6.20. The molecule has 1 N–H and O–H groups in total. The van der Waals surface area contributed by atoms with Crippen LogP contribution in [0.4, 0.5) is 0 Å². The highest BCUT2D eigenvalue weighted by Gasteiger charge is 1.75. The number of aliphatic hydroxyl groups is 1. The van der Waals surface area contributed by atoms with Crippen LogP contribution in [-0.2, 0) is 4.18 Å². The molecular formula is C2H6O2S2. The molecule has 0 aliphatic rings. The van der Waals surface area contributed by atoms with Crippen LogP contribution >= 0.6 is 22.7 Å². The normalized spacial score (nSPS) is 9.00. The summed E-state index contributed by atoms with van der Waals surface area (Å²) in [5.41, 5.74) is 0. The molecule has 0 saturated carbocycles. The maximum atomic E-state index is 8.03. The summed E-state index contributed by atoms with van der Waals surface area (Å²) in [6, 6.07) is 0. The summed E-state index contributed by atoms with van der Waals surface area (Å²) < 4.78 is 4.51. The lowest BCUT2D eigenvalue weighted by molar-refractivity contribution is 0.222. The third kappa shape index (κ3) is 4.62. The van der Waals surface area contributed by atoms with Crippen molar-refractivity contribution in [1.82, 2.24) is 0 Å². The summed E-state index contributed by atoms with van der Waals surface area (Å²) in [7, 11) is 0. The van der Waals surface area contributed by atoms with Crippen molar-refractivity contribution in [2.45, 2.75) is 0 Å². The zero-order chi connectivity index (χ0) is 4.83. The summed E-state index contributed by atoms with van der Waals surface area (Å²) in [4.78, 5) is 0. The van der Waals surface area contributed by atoms with Crippen LogP contribution in [0.2, 0.25) is 0 Å². The molecule has 0 fully saturated rings. The van der Waals surface area contributed by atoms with Crippen molar-refractivity contribution in [1.29, 1.82) is 0 Å². The molecule has 2 nitrogen and oxygen atoms in total. The lowest BCUT2D eigenvalue weighted by Crippen LogP contribution is -1.89. The van der Waals surface area contributed by atoms with E-state index in [0.717, 1.165) is 11.1 Å². The van der Waals surface area contributed by atoms with E-state index < -0.39 is 0 Å². The van der Waals surface area contributed by atoms with Crippen molar-refractivity contribution in [3.05, 3.63) is 0 Å². The SMILES string of the molecule is OCCOSS. The third-order valence-electron chi connectivity index (χ3n) is 0.227. The Morgan fingerprint density at radius 1 is 1.83 bits per heavy atom. The Morgan fingerprint density at radius 3 is 2.67 bits per heavy atom. The van der Waals surface area contributed by atoms with Crippen molar-refractivity contribution in [2.24, 2.45) is 0 Å². The second-order valence-electron chi connectivity index (χ2n) is 0.620. The zero-order valence-electron chi connectivity index (χ0n) is 3.13. The quantitative estimate of drug-likeness (QED) is 0.249. The predicted octanol–water partition coefficient (Wildman–Crippen LogP) is 0.488. The first-order chi connectivity index (χ1) is 2.91. The van der Waals surface area contributed by atoms with Gasteiger partial charge < -0.3 is 9.29 Å². The molecule has 0 spiro atoms. The topological polar surface area (TPSA) is 29.5 Å². The summed E-state index contributed by atoms with van der Waals surface area (Å²) in [6.07, 6.45) is 0. The van der Waals surface area contributed by atoms with Crippen LogP contribution in [0.5, 0.6) is 0 Å². The third-order valence-corrected chi connectivity index (χ3v) is 0.816. The van der Waals surface area contributed by atoms with Gasteiger partial charge in [-0.05, 0) is 0 Å². The molecule has 0 aromatic carbocycles. The van der Waals surface area contributed by atoms with E-state index in [-0.39, 0.29) is 6.61 Å². The fraction of sp³-hybridized carbons (Fsp3) is 1.00. The lowest BCUT2D eigenvalue weighted by atomic mass is 10.8. The molecule has 4 heteroatoms. The minimum Gasteiger partial charge on any atom is -0.394 e. The average Bonchev–Trinajstić information content (AvgIpc) is 1.61. The van der Waals surface area contributed by atoms with Crippen molar-refractivity contribution in [2.75, 3.05) is 13.2 Å². The average molecular weight is 126 g/mol. The van der Waals surface area contributed by atoms with Gasteiger partial charge in [0.2, 0.25) is 0 Å². The van der Waals surface area contributed by atoms with Crippen LogP contribution in [0, 0.1) is 0 Å². The van der Waals surface area contributed by atoms with Crippen LogP contribution < -0.4 is 0 Å². The highest BCUT2D eigenvalue weighted by Crippen LogP contribution is 2.04. The van der Waals surface area contributed by atoms with Gasteiger partial charge in [0.15, 0.2) is 0 Å². The van der Waals surface area contributed by atoms with E-state index in [1.54, 1.807) is 0 Å². The molecule has 0 radical (unpaired) electrons. The van der Waals surface area contributed by atoms with Gasteiger partial charge in [-0.25, -0.2) is 0 Å². The fourth-order valence-corrected chi connectivity index (χ4v) is 0.447. The number of hydrogen-bond acceptors (Lipinski definition) is 4. The summed E-state index contributed by atoms with van der Waals surface area (Å²) in [6.45, 7) is 0.418. The first-order valence-electron chi connectivity index (χ1n) is 1.45. The maximum Gasteiger partial charge on any atom is 0.0855 e.